The van der Waals surface area contributed by atoms with Crippen LogP contribution in [0.15, 0.2) is 48.3 Å². The summed E-state index contributed by atoms with van der Waals surface area (Å²) >= 11 is 0. The number of carboxylic acid groups (broad SMARTS) is 1. The van der Waals surface area contributed by atoms with Gasteiger partial charge in [0.1, 0.15) is 5.83 Å². The molecule has 1 aliphatic rings. The highest BCUT2D eigenvalue weighted by molar-refractivity contribution is 5.96. The van der Waals surface area contributed by atoms with Crippen molar-refractivity contribution in [2.45, 2.75) is 77.6 Å². The zero-order valence-corrected chi connectivity index (χ0v) is 18.9. The van der Waals surface area contributed by atoms with E-state index >= 15 is 0 Å². The molecule has 1 N–H and O–H groups in total. The molecule has 31 heavy (non-hydrogen) atoms. The minimum Gasteiger partial charge on any atom is -0.478 e. The Kier molecular flexibility index (Phi) is 8.45. The normalized spacial score (nSPS) is 19.4. The highest BCUT2D eigenvalue weighted by atomic mass is 19.1. The van der Waals surface area contributed by atoms with E-state index in [1.54, 1.807) is 18.2 Å². The van der Waals surface area contributed by atoms with Crippen LogP contribution in [0, 0.1) is 5.92 Å². The number of aromatic carboxylic acids is 1. The topological polar surface area (TPSA) is 37.3 Å². The summed E-state index contributed by atoms with van der Waals surface area (Å²) in [4.78, 5) is 11.8. The van der Waals surface area contributed by atoms with Crippen molar-refractivity contribution in [2.75, 3.05) is 0 Å². The van der Waals surface area contributed by atoms with E-state index in [0.29, 0.717) is 23.5 Å². The maximum atomic E-state index is 14.0. The smallest absolute Gasteiger partial charge is 0.336 e. The molecule has 1 aliphatic carbocycles. The number of allylic oxidation sites excluding steroid dienone is 1. The largest absolute Gasteiger partial charge is 0.478 e. The van der Waals surface area contributed by atoms with Gasteiger partial charge in [-0.05, 0) is 90.8 Å². The van der Waals surface area contributed by atoms with E-state index in [9.17, 15) is 14.3 Å². The van der Waals surface area contributed by atoms with Gasteiger partial charge in [-0.1, -0.05) is 63.4 Å². The van der Waals surface area contributed by atoms with E-state index in [2.05, 4.69) is 19.1 Å². The van der Waals surface area contributed by atoms with Crippen molar-refractivity contribution in [1.82, 2.24) is 0 Å². The lowest BCUT2D eigenvalue weighted by molar-refractivity contribution is 0.0697. The fraction of sp³-hybridized carbons (Fsp3) is 0.464. The first-order chi connectivity index (χ1) is 15.0. The predicted octanol–water partition coefficient (Wildman–Crippen LogP) is 8.63. The first kappa shape index (κ1) is 23.2. The average Bonchev–Trinajstić information content (AvgIpc) is 2.78. The number of benzene rings is 2. The van der Waals surface area contributed by atoms with Gasteiger partial charge >= 0.3 is 5.97 Å². The Balaban J connectivity index is 1.78. The van der Waals surface area contributed by atoms with Gasteiger partial charge in [0.15, 0.2) is 0 Å². The van der Waals surface area contributed by atoms with Crippen molar-refractivity contribution in [3.63, 3.8) is 0 Å². The van der Waals surface area contributed by atoms with E-state index < -0.39 is 5.97 Å². The summed E-state index contributed by atoms with van der Waals surface area (Å²) in [6.07, 6.45) is 11.7. The maximum absolute atomic E-state index is 14.0. The van der Waals surface area contributed by atoms with Gasteiger partial charge in [-0.3, -0.25) is 0 Å². The SMILES string of the molecule is CCCCC1CCC(c2ccc(-c3cc(/C=C(/F)CCC)ccc3C(=O)O)cc2)CC1. The first-order valence-corrected chi connectivity index (χ1v) is 11.9. The minimum atomic E-state index is -0.964. The third kappa shape index (κ3) is 6.29. The van der Waals surface area contributed by atoms with Gasteiger partial charge in [0, 0.05) is 0 Å². The summed E-state index contributed by atoms with van der Waals surface area (Å²) < 4.78 is 14.0. The molecule has 0 unspecified atom stereocenters. The summed E-state index contributed by atoms with van der Waals surface area (Å²) in [7, 11) is 0. The van der Waals surface area contributed by atoms with Crippen molar-refractivity contribution in [1.29, 1.82) is 0 Å². The molecule has 0 spiro atoms. The predicted molar refractivity (Wildman–Crippen MR) is 127 cm³/mol. The van der Waals surface area contributed by atoms with Gasteiger partial charge in [0.2, 0.25) is 0 Å². The number of halogens is 1. The molecule has 3 heteroatoms. The van der Waals surface area contributed by atoms with Crippen LogP contribution in [-0.4, -0.2) is 11.1 Å². The van der Waals surface area contributed by atoms with E-state index in [0.717, 1.165) is 17.9 Å². The minimum absolute atomic E-state index is 0.179. The van der Waals surface area contributed by atoms with Crippen LogP contribution in [0.3, 0.4) is 0 Å². The van der Waals surface area contributed by atoms with E-state index in [1.165, 1.54) is 56.6 Å². The first-order valence-electron chi connectivity index (χ1n) is 11.9. The molecule has 0 bridgehead atoms. The lowest BCUT2D eigenvalue weighted by Crippen LogP contribution is -2.13. The van der Waals surface area contributed by atoms with E-state index in [-0.39, 0.29) is 11.4 Å². The molecule has 0 saturated heterocycles. The molecule has 0 heterocycles. The summed E-state index contributed by atoms with van der Waals surface area (Å²) in [6, 6.07) is 13.4. The van der Waals surface area contributed by atoms with Crippen LogP contribution in [0.25, 0.3) is 17.2 Å². The number of unbranched alkanes of at least 4 members (excludes halogenated alkanes) is 1. The van der Waals surface area contributed by atoms with Gasteiger partial charge in [-0.2, -0.15) is 0 Å². The van der Waals surface area contributed by atoms with Crippen molar-refractivity contribution in [2.24, 2.45) is 5.92 Å². The Morgan fingerprint density at radius 2 is 1.74 bits per heavy atom. The monoisotopic (exact) mass is 422 g/mol. The average molecular weight is 423 g/mol. The van der Waals surface area contributed by atoms with Crippen LogP contribution in [0.4, 0.5) is 4.39 Å². The zero-order chi connectivity index (χ0) is 22.2. The van der Waals surface area contributed by atoms with Gasteiger partial charge in [0.05, 0.1) is 5.56 Å². The second-order valence-electron chi connectivity index (χ2n) is 8.93. The number of hydrogen-bond acceptors (Lipinski definition) is 1. The zero-order valence-electron chi connectivity index (χ0n) is 18.9. The van der Waals surface area contributed by atoms with Crippen LogP contribution < -0.4 is 0 Å². The fourth-order valence-electron chi connectivity index (χ4n) is 4.78. The lowest BCUT2D eigenvalue weighted by Gasteiger charge is -2.29. The maximum Gasteiger partial charge on any atom is 0.336 e. The summed E-state index contributed by atoms with van der Waals surface area (Å²) in [5.74, 6) is 0.344. The molecule has 0 atom stereocenters. The van der Waals surface area contributed by atoms with Gasteiger partial charge in [-0.15, -0.1) is 0 Å². The number of hydrogen-bond donors (Lipinski definition) is 1. The molecule has 2 aromatic carbocycles. The molecular formula is C28H35FO2. The number of carboxylic acids is 1. The molecule has 1 fully saturated rings. The van der Waals surface area contributed by atoms with Crippen LogP contribution in [0.1, 0.15) is 99.0 Å². The number of rotatable bonds is 9. The van der Waals surface area contributed by atoms with Gasteiger partial charge < -0.3 is 5.11 Å². The third-order valence-corrected chi connectivity index (χ3v) is 6.59. The number of carbonyl (C=O) groups is 1. The summed E-state index contributed by atoms with van der Waals surface area (Å²) in [6.45, 7) is 4.20. The molecule has 166 valence electrons. The Labute approximate surface area is 186 Å². The standard InChI is InChI=1S/C28H35FO2/c1-3-5-7-20-8-11-22(12-9-20)23-13-15-24(16-14-23)27-19-21(18-25(29)6-4-2)10-17-26(27)28(30)31/h10,13-20,22H,3-9,11-12H2,1-2H3,(H,30,31)/b25-18+. The van der Waals surface area contributed by atoms with Crippen LogP contribution in [0.2, 0.25) is 0 Å². The summed E-state index contributed by atoms with van der Waals surface area (Å²) in [5, 5.41) is 9.64. The van der Waals surface area contributed by atoms with Crippen molar-refractivity contribution < 1.29 is 14.3 Å². The Morgan fingerprint density at radius 3 is 2.35 bits per heavy atom. The third-order valence-electron chi connectivity index (χ3n) is 6.59. The van der Waals surface area contributed by atoms with Crippen molar-refractivity contribution in [3.05, 3.63) is 65.0 Å². The molecule has 2 nitrogen and oxygen atoms in total. The van der Waals surface area contributed by atoms with Gasteiger partial charge in [0.25, 0.3) is 0 Å². The highest BCUT2D eigenvalue weighted by Gasteiger charge is 2.22. The molecule has 0 aliphatic heterocycles. The Morgan fingerprint density at radius 1 is 1.03 bits per heavy atom. The van der Waals surface area contributed by atoms with Crippen molar-refractivity contribution in [3.8, 4) is 11.1 Å². The Bertz CT molecular complexity index is 890. The fourth-order valence-corrected chi connectivity index (χ4v) is 4.78. The van der Waals surface area contributed by atoms with E-state index in [1.807, 2.05) is 19.1 Å². The highest BCUT2D eigenvalue weighted by Crippen LogP contribution is 2.38. The molecule has 0 amide bonds. The van der Waals surface area contributed by atoms with Crippen LogP contribution >= 0.6 is 0 Å². The second-order valence-corrected chi connectivity index (χ2v) is 8.93. The van der Waals surface area contributed by atoms with Gasteiger partial charge in [-0.25, -0.2) is 9.18 Å². The lowest BCUT2D eigenvalue weighted by atomic mass is 9.77. The second kappa shape index (κ2) is 11.3. The molecule has 0 aromatic heterocycles. The summed E-state index contributed by atoms with van der Waals surface area (Å²) in [5.41, 5.74) is 3.79. The van der Waals surface area contributed by atoms with Crippen LogP contribution in [0.5, 0.6) is 0 Å². The quantitative estimate of drug-likeness (QED) is 0.439. The Hall–Kier alpha value is -2.42. The molecular weight excluding hydrogens is 387 g/mol. The van der Waals surface area contributed by atoms with E-state index in [4.69, 9.17) is 0 Å². The molecule has 2 aromatic rings. The molecule has 3 rings (SSSR count). The van der Waals surface area contributed by atoms with Crippen molar-refractivity contribution >= 4 is 12.0 Å². The molecule has 0 radical (unpaired) electrons. The van der Waals surface area contributed by atoms with Crippen LogP contribution in [-0.2, 0) is 0 Å². The molecule has 1 saturated carbocycles.